The molecule has 0 nitrogen and oxygen atoms in total. The lowest BCUT2D eigenvalue weighted by molar-refractivity contribution is 0.0544. The van der Waals surface area contributed by atoms with E-state index in [1.54, 1.807) is 0 Å². The zero-order valence-corrected chi connectivity index (χ0v) is 28.5. The first-order valence-electron chi connectivity index (χ1n) is 16.4. The fourth-order valence-corrected chi connectivity index (χ4v) is 9.88. The minimum absolute atomic E-state index is 0.0583. The van der Waals surface area contributed by atoms with Gasteiger partial charge in [-0.2, -0.15) is 0 Å². The molecule has 3 atom stereocenters. The van der Waals surface area contributed by atoms with Crippen LogP contribution in [-0.2, 0) is 12.8 Å². The number of hydrogen-bond donors (Lipinski definition) is 0. The topological polar surface area (TPSA) is 0 Å². The normalized spacial score (nSPS) is 27.9. The standard InChI is InChI=1S/C44H50/c1-26(2)34-14-13-15-36(22-34)37-17-16-33(21-37)20-35-18-19-38-24-42(10)25-43(11)23-28(5)39(27(3)4)31(8)44(43,12)32(9)41(42)30(7)40(38)29(35)6/h13-15,17-19,21-22H,1,3,7-8,16,20,23-25H2,2,4-6,9-12H3/t42-,43+,44-/m1/s1. The number of allylic oxidation sites excluding steroid dienone is 12. The van der Waals surface area contributed by atoms with Crippen LogP contribution in [0.5, 0.6) is 0 Å². The molecule has 0 heterocycles. The van der Waals surface area contributed by atoms with Gasteiger partial charge in [0.15, 0.2) is 0 Å². The van der Waals surface area contributed by atoms with E-state index in [1.807, 2.05) is 0 Å². The summed E-state index contributed by atoms with van der Waals surface area (Å²) in [6, 6.07) is 13.6. The second-order valence-corrected chi connectivity index (χ2v) is 15.3. The minimum atomic E-state index is -0.125. The summed E-state index contributed by atoms with van der Waals surface area (Å²) < 4.78 is 0. The summed E-state index contributed by atoms with van der Waals surface area (Å²) in [4.78, 5) is 0. The van der Waals surface area contributed by atoms with Crippen LogP contribution in [0.3, 0.4) is 0 Å². The molecule has 2 aromatic carbocycles. The Morgan fingerprint density at radius 2 is 1.64 bits per heavy atom. The van der Waals surface area contributed by atoms with E-state index in [0.717, 1.165) is 43.3 Å². The summed E-state index contributed by atoms with van der Waals surface area (Å²) in [5, 5.41) is 0. The molecule has 0 saturated carbocycles. The molecule has 2 aromatic rings. The Morgan fingerprint density at radius 3 is 2.32 bits per heavy atom. The Labute approximate surface area is 267 Å². The van der Waals surface area contributed by atoms with Crippen LogP contribution in [0.4, 0.5) is 0 Å². The Bertz CT molecular complexity index is 1820. The fourth-order valence-electron chi connectivity index (χ4n) is 9.88. The van der Waals surface area contributed by atoms with E-state index >= 15 is 0 Å². The van der Waals surface area contributed by atoms with Crippen molar-refractivity contribution in [3.63, 3.8) is 0 Å². The van der Waals surface area contributed by atoms with Gasteiger partial charge in [0.2, 0.25) is 0 Å². The van der Waals surface area contributed by atoms with Crippen LogP contribution in [0, 0.1) is 23.2 Å². The lowest BCUT2D eigenvalue weighted by Crippen LogP contribution is -2.52. The lowest BCUT2D eigenvalue weighted by Gasteiger charge is -2.62. The van der Waals surface area contributed by atoms with Crippen molar-refractivity contribution in [3.05, 3.63) is 147 Å². The maximum absolute atomic E-state index is 4.88. The predicted octanol–water partition coefficient (Wildman–Crippen LogP) is 12.1. The van der Waals surface area contributed by atoms with Gasteiger partial charge in [-0.3, -0.25) is 0 Å². The molecular weight excluding hydrogens is 528 g/mol. The van der Waals surface area contributed by atoms with E-state index in [9.17, 15) is 0 Å². The molecule has 6 rings (SSSR count). The van der Waals surface area contributed by atoms with Crippen LogP contribution in [0.2, 0.25) is 0 Å². The van der Waals surface area contributed by atoms with Crippen LogP contribution in [-0.4, -0.2) is 0 Å². The Morgan fingerprint density at radius 1 is 0.909 bits per heavy atom. The van der Waals surface area contributed by atoms with Crippen molar-refractivity contribution in [1.29, 1.82) is 0 Å². The highest BCUT2D eigenvalue weighted by Crippen LogP contribution is 2.70. The molecule has 0 fully saturated rings. The molecule has 0 N–H and O–H groups in total. The van der Waals surface area contributed by atoms with Crippen molar-refractivity contribution in [3.8, 4) is 0 Å². The average molecular weight is 579 g/mol. The SMILES string of the molecule is C=C(C)C1=C(C)C[C@@]2(C)C[C@@]3(C)Cc4ccc(CC5=CC(c6cccc(C(=C)C)c6)=CC5)c(C)c4C(=C)C3=C(C)[C@@]2(C)C1=C. The molecule has 0 spiro atoms. The van der Waals surface area contributed by atoms with Crippen LogP contribution in [0.1, 0.15) is 101 Å². The third kappa shape index (κ3) is 4.32. The second kappa shape index (κ2) is 10.2. The number of rotatable bonds is 5. The first kappa shape index (κ1) is 30.4. The maximum Gasteiger partial charge on any atom is 0.0194 e. The van der Waals surface area contributed by atoms with Crippen molar-refractivity contribution in [1.82, 2.24) is 0 Å². The summed E-state index contributed by atoms with van der Waals surface area (Å²) in [6.07, 6.45) is 10.0. The van der Waals surface area contributed by atoms with Crippen LogP contribution >= 0.6 is 0 Å². The van der Waals surface area contributed by atoms with Gasteiger partial charge >= 0.3 is 0 Å². The molecule has 0 heteroatoms. The van der Waals surface area contributed by atoms with E-state index in [4.69, 9.17) is 13.2 Å². The van der Waals surface area contributed by atoms with Gasteiger partial charge in [0.1, 0.15) is 0 Å². The molecule has 0 amide bonds. The monoisotopic (exact) mass is 578 g/mol. The summed E-state index contributed by atoms with van der Waals surface area (Å²) in [7, 11) is 0. The molecule has 0 saturated heterocycles. The van der Waals surface area contributed by atoms with E-state index in [2.05, 4.69) is 117 Å². The van der Waals surface area contributed by atoms with Gasteiger partial charge in [0, 0.05) is 5.41 Å². The van der Waals surface area contributed by atoms with Gasteiger partial charge in [0.25, 0.3) is 0 Å². The van der Waals surface area contributed by atoms with Crippen molar-refractivity contribution >= 4 is 16.7 Å². The van der Waals surface area contributed by atoms with Gasteiger partial charge < -0.3 is 0 Å². The third-order valence-electron chi connectivity index (χ3n) is 12.0. The quantitative estimate of drug-likeness (QED) is 0.331. The van der Waals surface area contributed by atoms with Crippen molar-refractivity contribution in [2.45, 2.75) is 87.5 Å². The Kier molecular flexibility index (Phi) is 7.04. The van der Waals surface area contributed by atoms with Gasteiger partial charge in [-0.15, -0.1) is 0 Å². The predicted molar refractivity (Wildman–Crippen MR) is 192 cm³/mol. The van der Waals surface area contributed by atoms with E-state index in [-0.39, 0.29) is 16.2 Å². The van der Waals surface area contributed by atoms with E-state index < -0.39 is 0 Å². The van der Waals surface area contributed by atoms with E-state index in [1.165, 1.54) is 78.0 Å². The van der Waals surface area contributed by atoms with Gasteiger partial charge in [-0.25, -0.2) is 0 Å². The zero-order valence-electron chi connectivity index (χ0n) is 28.5. The third-order valence-corrected chi connectivity index (χ3v) is 12.0. The number of hydrogen-bond acceptors (Lipinski definition) is 0. The maximum atomic E-state index is 4.88. The van der Waals surface area contributed by atoms with Crippen molar-refractivity contribution in [2.24, 2.45) is 16.2 Å². The number of benzene rings is 2. The summed E-state index contributed by atoms with van der Waals surface area (Å²) in [5.41, 5.74) is 21.4. The highest BCUT2D eigenvalue weighted by molar-refractivity contribution is 5.87. The van der Waals surface area contributed by atoms with Crippen LogP contribution in [0.25, 0.3) is 16.7 Å². The smallest absolute Gasteiger partial charge is 0.0194 e. The highest BCUT2D eigenvalue weighted by Gasteiger charge is 2.59. The molecule has 0 aromatic heterocycles. The Hall–Kier alpha value is -3.64. The fraction of sp³-hybridized carbons (Fsp3) is 0.364. The van der Waals surface area contributed by atoms with E-state index in [0.29, 0.717) is 0 Å². The molecule has 4 aliphatic carbocycles. The van der Waals surface area contributed by atoms with Gasteiger partial charge in [-0.05, 0) is 145 Å². The lowest BCUT2D eigenvalue weighted by atomic mass is 9.41. The van der Waals surface area contributed by atoms with Crippen LogP contribution in [0.15, 0.2) is 114 Å². The Balaban J connectivity index is 1.37. The average Bonchev–Trinajstić information content (AvgIpc) is 3.40. The summed E-state index contributed by atoms with van der Waals surface area (Å²) in [6.45, 7) is 36.9. The van der Waals surface area contributed by atoms with Crippen molar-refractivity contribution < 1.29 is 0 Å². The molecule has 0 aliphatic heterocycles. The summed E-state index contributed by atoms with van der Waals surface area (Å²) >= 11 is 0. The first-order valence-corrected chi connectivity index (χ1v) is 16.4. The second-order valence-electron chi connectivity index (χ2n) is 15.3. The van der Waals surface area contributed by atoms with Crippen LogP contribution < -0.4 is 0 Å². The molecule has 226 valence electrons. The van der Waals surface area contributed by atoms with Gasteiger partial charge in [-0.1, -0.05) is 117 Å². The molecule has 4 aliphatic rings. The zero-order chi connectivity index (χ0) is 31.9. The molecule has 44 heavy (non-hydrogen) atoms. The van der Waals surface area contributed by atoms with Crippen molar-refractivity contribution in [2.75, 3.05) is 0 Å². The first-order chi connectivity index (χ1) is 20.6. The summed E-state index contributed by atoms with van der Waals surface area (Å²) in [5.74, 6) is 0. The largest absolute Gasteiger partial charge is 0.0955 e. The number of fused-ring (bicyclic) bond motifs is 3. The highest BCUT2D eigenvalue weighted by atomic mass is 14.6. The minimum Gasteiger partial charge on any atom is -0.0955 e. The molecule has 0 radical (unpaired) electrons. The van der Waals surface area contributed by atoms with Gasteiger partial charge in [0.05, 0.1) is 0 Å². The molecular formula is C44H50. The molecule has 0 bridgehead atoms. The molecule has 0 unspecified atom stereocenters.